The van der Waals surface area contributed by atoms with Crippen molar-refractivity contribution in [3.63, 3.8) is 0 Å². The summed E-state index contributed by atoms with van der Waals surface area (Å²) in [5, 5.41) is 31.5. The fraction of sp³-hybridized carbons (Fsp3) is 0.185. The molecule has 1 aliphatic rings. The number of carbonyl (C=O) groups is 1. The standard InChI is InChI=1S/C27H25BClN5O3/c1-3-30-25(35)15-23-27-33-32-16(2)34(27)24-12-9-19(18-5-4-6-20(13-18)28(36)37)14-22(24)26(31-23)17-7-10-21(29)11-8-17/h4-14,23,36-37H,3,15H2,1-2H3,(H,30,35). The Bertz CT molecular complexity index is 1500. The summed E-state index contributed by atoms with van der Waals surface area (Å²) in [5.41, 5.74) is 5.32. The van der Waals surface area contributed by atoms with Crippen molar-refractivity contribution in [3.8, 4) is 16.8 Å². The summed E-state index contributed by atoms with van der Waals surface area (Å²) in [5.74, 6) is 1.15. The third kappa shape index (κ3) is 4.93. The summed E-state index contributed by atoms with van der Waals surface area (Å²) in [6.45, 7) is 4.27. The van der Waals surface area contributed by atoms with Crippen molar-refractivity contribution in [3.05, 3.63) is 94.5 Å². The number of aryl methyl sites for hydroxylation is 1. The molecule has 0 fully saturated rings. The predicted octanol–water partition coefficient (Wildman–Crippen LogP) is 2.99. The van der Waals surface area contributed by atoms with E-state index in [1.54, 1.807) is 18.2 Å². The van der Waals surface area contributed by atoms with E-state index in [0.717, 1.165) is 27.9 Å². The topological polar surface area (TPSA) is 113 Å². The Kier molecular flexibility index (Phi) is 6.93. The van der Waals surface area contributed by atoms with Crippen LogP contribution in [0.25, 0.3) is 16.8 Å². The van der Waals surface area contributed by atoms with Crippen LogP contribution >= 0.6 is 11.6 Å². The summed E-state index contributed by atoms with van der Waals surface area (Å²) in [6, 6.07) is 19.9. The van der Waals surface area contributed by atoms with Crippen LogP contribution < -0.4 is 10.8 Å². The minimum absolute atomic E-state index is 0.120. The van der Waals surface area contributed by atoms with Gasteiger partial charge >= 0.3 is 7.12 Å². The lowest BCUT2D eigenvalue weighted by atomic mass is 9.79. The highest BCUT2D eigenvalue weighted by atomic mass is 35.5. The van der Waals surface area contributed by atoms with E-state index in [2.05, 4.69) is 15.5 Å². The van der Waals surface area contributed by atoms with Crippen LogP contribution in [0.2, 0.25) is 5.02 Å². The molecule has 4 aromatic rings. The Morgan fingerprint density at radius 1 is 1.03 bits per heavy atom. The van der Waals surface area contributed by atoms with Gasteiger partial charge in [-0.25, -0.2) is 0 Å². The van der Waals surface area contributed by atoms with Crippen LogP contribution in [-0.2, 0) is 4.79 Å². The summed E-state index contributed by atoms with van der Waals surface area (Å²) < 4.78 is 1.95. The van der Waals surface area contributed by atoms with Gasteiger partial charge in [-0.2, -0.15) is 0 Å². The van der Waals surface area contributed by atoms with Crippen LogP contribution in [0, 0.1) is 6.92 Å². The molecule has 1 amide bonds. The van der Waals surface area contributed by atoms with Gasteiger partial charge in [-0.15, -0.1) is 10.2 Å². The molecule has 3 N–H and O–H groups in total. The van der Waals surface area contributed by atoms with Gasteiger partial charge in [0.2, 0.25) is 5.91 Å². The highest BCUT2D eigenvalue weighted by Crippen LogP contribution is 2.35. The minimum Gasteiger partial charge on any atom is -0.423 e. The number of nitrogens with zero attached hydrogens (tertiary/aromatic N) is 4. The first-order valence-corrected chi connectivity index (χ1v) is 12.4. The molecule has 8 nitrogen and oxygen atoms in total. The van der Waals surface area contributed by atoms with E-state index in [9.17, 15) is 14.8 Å². The minimum atomic E-state index is -1.57. The zero-order chi connectivity index (χ0) is 26.1. The van der Waals surface area contributed by atoms with E-state index in [1.807, 2.05) is 66.9 Å². The Morgan fingerprint density at radius 2 is 1.76 bits per heavy atom. The number of carbonyl (C=O) groups excluding carboxylic acids is 1. The lowest BCUT2D eigenvalue weighted by Crippen LogP contribution is -2.29. The van der Waals surface area contributed by atoms with Crippen molar-refractivity contribution in [2.24, 2.45) is 4.99 Å². The maximum atomic E-state index is 12.6. The normalized spacial score (nSPS) is 14.3. The number of hydrogen-bond donors (Lipinski definition) is 3. The van der Waals surface area contributed by atoms with Gasteiger partial charge in [-0.3, -0.25) is 14.4 Å². The largest absolute Gasteiger partial charge is 0.488 e. The lowest BCUT2D eigenvalue weighted by Gasteiger charge is -2.15. The van der Waals surface area contributed by atoms with E-state index in [-0.39, 0.29) is 12.3 Å². The van der Waals surface area contributed by atoms with Crippen LogP contribution in [0.5, 0.6) is 0 Å². The number of aromatic nitrogens is 3. The number of nitrogens with one attached hydrogen (secondary N) is 1. The molecule has 2 heterocycles. The number of benzene rings is 3. The van der Waals surface area contributed by atoms with Gasteiger partial charge in [0, 0.05) is 22.7 Å². The van der Waals surface area contributed by atoms with Crippen molar-refractivity contribution in [2.75, 3.05) is 6.54 Å². The van der Waals surface area contributed by atoms with Crippen molar-refractivity contribution < 1.29 is 14.8 Å². The molecular formula is C27H25BClN5O3. The van der Waals surface area contributed by atoms with E-state index in [1.165, 1.54) is 0 Å². The first-order valence-electron chi connectivity index (χ1n) is 12.0. The lowest BCUT2D eigenvalue weighted by molar-refractivity contribution is -0.121. The second-order valence-electron chi connectivity index (χ2n) is 8.83. The molecule has 1 aromatic heterocycles. The van der Waals surface area contributed by atoms with Crippen LogP contribution in [0.3, 0.4) is 0 Å². The quantitative estimate of drug-likeness (QED) is 0.343. The summed E-state index contributed by atoms with van der Waals surface area (Å²) in [4.78, 5) is 17.7. The van der Waals surface area contributed by atoms with Crippen molar-refractivity contribution in [2.45, 2.75) is 26.3 Å². The zero-order valence-corrected chi connectivity index (χ0v) is 21.1. The number of aliphatic imine (C=N–C) groups is 1. The highest BCUT2D eigenvalue weighted by molar-refractivity contribution is 6.58. The Balaban J connectivity index is 1.73. The summed E-state index contributed by atoms with van der Waals surface area (Å²) in [7, 11) is -1.57. The second kappa shape index (κ2) is 10.3. The molecule has 0 bridgehead atoms. The fourth-order valence-electron chi connectivity index (χ4n) is 4.57. The van der Waals surface area contributed by atoms with Gasteiger partial charge in [0.1, 0.15) is 11.9 Å². The second-order valence-corrected chi connectivity index (χ2v) is 9.27. The Labute approximate surface area is 219 Å². The third-order valence-corrected chi connectivity index (χ3v) is 6.57. The molecule has 0 saturated carbocycles. The van der Waals surface area contributed by atoms with Gasteiger partial charge in [0.15, 0.2) is 5.82 Å². The molecule has 5 rings (SSSR count). The SMILES string of the molecule is CCNC(=O)CC1N=C(c2ccc(Cl)cc2)c2cc(-c3cccc(B(O)O)c3)ccc2-n2c(C)nnc21. The number of hydrogen-bond acceptors (Lipinski definition) is 6. The Morgan fingerprint density at radius 3 is 2.49 bits per heavy atom. The molecule has 10 heteroatoms. The van der Waals surface area contributed by atoms with Crippen LogP contribution in [-0.4, -0.2) is 50.1 Å². The molecule has 0 radical (unpaired) electrons. The van der Waals surface area contributed by atoms with Crippen LogP contribution in [0.15, 0.2) is 71.7 Å². The highest BCUT2D eigenvalue weighted by Gasteiger charge is 2.30. The average Bonchev–Trinajstić information content (AvgIpc) is 3.21. The molecule has 3 aromatic carbocycles. The molecule has 1 atom stereocenters. The molecular weight excluding hydrogens is 489 g/mol. The first kappa shape index (κ1) is 24.9. The number of fused-ring (bicyclic) bond motifs is 3. The molecule has 1 unspecified atom stereocenters. The van der Waals surface area contributed by atoms with Gasteiger partial charge in [-0.1, -0.05) is 54.1 Å². The molecule has 0 aliphatic carbocycles. The zero-order valence-electron chi connectivity index (χ0n) is 20.4. The molecule has 0 saturated heterocycles. The maximum absolute atomic E-state index is 12.6. The summed E-state index contributed by atoms with van der Waals surface area (Å²) in [6.07, 6.45) is 0.125. The Hall–Kier alpha value is -3.79. The van der Waals surface area contributed by atoms with Gasteiger partial charge in [-0.05, 0) is 54.7 Å². The van der Waals surface area contributed by atoms with Crippen molar-refractivity contribution >= 4 is 35.8 Å². The van der Waals surface area contributed by atoms with Gasteiger partial charge < -0.3 is 15.4 Å². The first-order chi connectivity index (χ1) is 17.9. The number of rotatable bonds is 6. The van der Waals surface area contributed by atoms with E-state index in [4.69, 9.17) is 16.6 Å². The third-order valence-electron chi connectivity index (χ3n) is 6.31. The predicted molar refractivity (Wildman–Crippen MR) is 144 cm³/mol. The van der Waals surface area contributed by atoms with E-state index in [0.29, 0.717) is 34.4 Å². The number of halogens is 1. The van der Waals surface area contributed by atoms with Gasteiger partial charge in [0.05, 0.1) is 17.8 Å². The molecule has 1 aliphatic heterocycles. The smallest absolute Gasteiger partial charge is 0.423 e. The summed E-state index contributed by atoms with van der Waals surface area (Å²) >= 11 is 6.18. The average molecular weight is 514 g/mol. The monoisotopic (exact) mass is 513 g/mol. The van der Waals surface area contributed by atoms with E-state index < -0.39 is 13.2 Å². The van der Waals surface area contributed by atoms with Crippen LogP contribution in [0.1, 0.15) is 42.2 Å². The van der Waals surface area contributed by atoms with E-state index >= 15 is 0 Å². The van der Waals surface area contributed by atoms with Crippen molar-refractivity contribution in [1.82, 2.24) is 20.1 Å². The molecule has 186 valence electrons. The van der Waals surface area contributed by atoms with Crippen molar-refractivity contribution in [1.29, 1.82) is 0 Å². The fourth-order valence-corrected chi connectivity index (χ4v) is 4.70. The van der Waals surface area contributed by atoms with Crippen LogP contribution in [0.4, 0.5) is 0 Å². The number of amides is 1. The maximum Gasteiger partial charge on any atom is 0.488 e. The molecule has 37 heavy (non-hydrogen) atoms. The van der Waals surface area contributed by atoms with Gasteiger partial charge in [0.25, 0.3) is 0 Å². The molecule has 0 spiro atoms.